The Balaban J connectivity index is 1.55. The van der Waals surface area contributed by atoms with Gasteiger partial charge in [-0.25, -0.2) is 9.55 Å². The predicted molar refractivity (Wildman–Crippen MR) is 151 cm³/mol. The van der Waals surface area contributed by atoms with Crippen molar-refractivity contribution in [3.8, 4) is 18.1 Å². The average molecular weight is 607 g/mol. The number of benzene rings is 1. The van der Waals surface area contributed by atoms with Gasteiger partial charge in [0.2, 0.25) is 5.28 Å². The highest BCUT2D eigenvalue weighted by Gasteiger charge is 2.50. The van der Waals surface area contributed by atoms with Gasteiger partial charge in [0.1, 0.15) is 36.2 Å². The minimum Gasteiger partial charge on any atom is -0.464 e. The molecule has 4 N–H and O–H groups in total. The highest BCUT2D eigenvalue weighted by molar-refractivity contribution is 7.52. The van der Waals surface area contributed by atoms with Crippen molar-refractivity contribution in [3.63, 3.8) is 0 Å². The summed E-state index contributed by atoms with van der Waals surface area (Å²) in [6.45, 7) is 6.78. The summed E-state index contributed by atoms with van der Waals surface area (Å²) in [5.74, 6) is 2.05. The van der Waals surface area contributed by atoms with Gasteiger partial charge in [0.15, 0.2) is 17.1 Å². The van der Waals surface area contributed by atoms with Gasteiger partial charge in [0.05, 0.1) is 12.9 Å². The van der Waals surface area contributed by atoms with E-state index in [-0.39, 0.29) is 40.9 Å². The lowest BCUT2D eigenvalue weighted by Gasteiger charge is -2.29. The van der Waals surface area contributed by atoms with E-state index in [0.717, 1.165) is 0 Å². The zero-order valence-corrected chi connectivity index (χ0v) is 24.6. The fourth-order valence-electron chi connectivity index (χ4n) is 3.94. The number of nitrogens with one attached hydrogen (secondary N) is 1. The van der Waals surface area contributed by atoms with Crippen LogP contribution in [0.4, 0.5) is 5.82 Å². The van der Waals surface area contributed by atoms with Crippen LogP contribution in [0.25, 0.3) is 11.2 Å². The summed E-state index contributed by atoms with van der Waals surface area (Å²) < 4.78 is 38.3. The van der Waals surface area contributed by atoms with E-state index >= 15 is 0 Å². The maximum absolute atomic E-state index is 14.0. The second-order valence-electron chi connectivity index (χ2n) is 10.8. The Labute approximate surface area is 242 Å². The van der Waals surface area contributed by atoms with Crippen LogP contribution in [-0.2, 0) is 23.4 Å². The van der Waals surface area contributed by atoms with Crippen LogP contribution in [0.5, 0.6) is 5.75 Å². The smallest absolute Gasteiger partial charge is 0.459 e. The molecule has 0 saturated carbocycles. The van der Waals surface area contributed by atoms with Gasteiger partial charge in [-0.2, -0.15) is 15.1 Å². The highest BCUT2D eigenvalue weighted by atomic mass is 35.5. The van der Waals surface area contributed by atoms with Crippen LogP contribution in [0.1, 0.15) is 40.3 Å². The number of carbonyl (C=O) groups is 1. The van der Waals surface area contributed by atoms with E-state index in [9.17, 15) is 14.5 Å². The number of ether oxygens (including phenoxy) is 2. The van der Waals surface area contributed by atoms with Crippen LogP contribution in [0, 0.1) is 17.8 Å². The summed E-state index contributed by atoms with van der Waals surface area (Å²) in [6, 6.07) is 7.16. The fourth-order valence-corrected chi connectivity index (χ4v) is 5.63. The number of esters is 1. The molecule has 1 aromatic carbocycles. The van der Waals surface area contributed by atoms with E-state index in [0.29, 0.717) is 5.52 Å². The van der Waals surface area contributed by atoms with E-state index in [2.05, 4.69) is 26.0 Å². The molecular weight excluding hydrogens is 575 g/mol. The van der Waals surface area contributed by atoms with Crippen molar-refractivity contribution in [3.05, 3.63) is 41.9 Å². The molecule has 1 saturated heterocycles. The number of anilines is 1. The molecule has 15 heteroatoms. The van der Waals surface area contributed by atoms with Crippen molar-refractivity contribution in [2.45, 2.75) is 58.1 Å². The normalized spacial score (nSPS) is 23.0. The Kier molecular flexibility index (Phi) is 8.94. The molecule has 5 atom stereocenters. The number of aliphatic hydroxyl groups excluding tert-OH is 1. The highest BCUT2D eigenvalue weighted by Crippen LogP contribution is 2.48. The summed E-state index contributed by atoms with van der Waals surface area (Å²) >= 11 is 5.97. The van der Waals surface area contributed by atoms with E-state index < -0.39 is 44.3 Å². The Bertz CT molecular complexity index is 1490. The van der Waals surface area contributed by atoms with Gasteiger partial charge < -0.3 is 24.8 Å². The summed E-state index contributed by atoms with van der Waals surface area (Å²) in [7, 11) is -4.29. The number of nitrogens with two attached hydrogens (primary N) is 1. The van der Waals surface area contributed by atoms with E-state index in [1.165, 1.54) is 17.8 Å². The van der Waals surface area contributed by atoms with Gasteiger partial charge in [-0.15, -0.1) is 6.42 Å². The van der Waals surface area contributed by atoms with Crippen LogP contribution in [-0.4, -0.2) is 61.6 Å². The van der Waals surface area contributed by atoms with Crippen molar-refractivity contribution < 1.29 is 33.0 Å². The zero-order valence-electron chi connectivity index (χ0n) is 23.0. The Hall–Kier alpha value is -3.24. The molecule has 0 radical (unpaired) electrons. The van der Waals surface area contributed by atoms with Gasteiger partial charge in [-0.3, -0.25) is 13.9 Å². The number of hydrogen-bond acceptors (Lipinski definition) is 11. The van der Waals surface area contributed by atoms with Gasteiger partial charge in [0.25, 0.3) is 0 Å². The average Bonchev–Trinajstić information content (AvgIpc) is 3.47. The molecule has 1 fully saturated rings. The molecule has 3 heterocycles. The third-order valence-corrected chi connectivity index (χ3v) is 7.85. The Morgan fingerprint density at radius 2 is 2.10 bits per heavy atom. The van der Waals surface area contributed by atoms with Crippen molar-refractivity contribution in [1.29, 1.82) is 0 Å². The number of aromatic nitrogens is 4. The number of rotatable bonds is 10. The summed E-state index contributed by atoms with van der Waals surface area (Å²) in [6.07, 6.45) is 5.12. The fraction of sp³-hybridized carbons (Fsp3) is 0.462. The summed E-state index contributed by atoms with van der Waals surface area (Å²) in [4.78, 5) is 24.9. The summed E-state index contributed by atoms with van der Waals surface area (Å²) in [5, 5.41) is 13.5. The second kappa shape index (κ2) is 11.9. The number of halogens is 1. The first kappa shape index (κ1) is 30.7. The minimum atomic E-state index is -4.29. The number of hydrogen-bond donors (Lipinski definition) is 3. The number of terminal acetylenes is 1. The molecule has 1 aliphatic rings. The van der Waals surface area contributed by atoms with Gasteiger partial charge in [-0.05, 0) is 36.1 Å². The molecule has 2 aromatic heterocycles. The molecule has 220 valence electrons. The molecule has 0 aliphatic carbocycles. The van der Waals surface area contributed by atoms with E-state index in [1.807, 2.05) is 20.8 Å². The molecule has 0 amide bonds. The lowest BCUT2D eigenvalue weighted by Crippen LogP contribution is -2.44. The quantitative estimate of drug-likeness (QED) is 0.133. The third-order valence-electron chi connectivity index (χ3n) is 6.06. The number of fused-ring (bicyclic) bond motifs is 1. The molecule has 41 heavy (non-hydrogen) atoms. The van der Waals surface area contributed by atoms with Gasteiger partial charge in [-0.1, -0.05) is 44.9 Å². The van der Waals surface area contributed by atoms with Gasteiger partial charge in [0, 0.05) is 6.42 Å². The first-order chi connectivity index (χ1) is 19.2. The minimum absolute atomic E-state index is 0.00729. The van der Waals surface area contributed by atoms with Gasteiger partial charge >= 0.3 is 13.7 Å². The predicted octanol–water partition coefficient (Wildman–Crippen LogP) is 3.48. The largest absolute Gasteiger partial charge is 0.464 e. The molecule has 0 spiro atoms. The number of carbonyl (C=O) groups excluding carboxylic acids is 1. The second-order valence-corrected chi connectivity index (χ2v) is 12.8. The van der Waals surface area contributed by atoms with Crippen LogP contribution in [0.2, 0.25) is 5.28 Å². The maximum atomic E-state index is 14.0. The molecule has 4 rings (SSSR count). The van der Waals surface area contributed by atoms with Crippen LogP contribution >= 0.6 is 19.3 Å². The third kappa shape index (κ3) is 7.16. The first-order valence-corrected chi connectivity index (χ1v) is 14.6. The molecule has 3 aromatic rings. The van der Waals surface area contributed by atoms with Crippen molar-refractivity contribution in [1.82, 2.24) is 24.6 Å². The monoisotopic (exact) mass is 606 g/mol. The Morgan fingerprint density at radius 1 is 1.39 bits per heavy atom. The molecule has 13 nitrogen and oxygen atoms in total. The number of nitrogens with zero attached hydrogens (tertiary/aromatic N) is 4. The van der Waals surface area contributed by atoms with Crippen molar-refractivity contribution in [2.24, 2.45) is 5.41 Å². The van der Waals surface area contributed by atoms with Crippen molar-refractivity contribution in [2.75, 3.05) is 18.9 Å². The molecule has 0 unspecified atom stereocenters. The maximum Gasteiger partial charge on any atom is 0.459 e. The standard InChI is InChI=1S/C26H32ClN6O7P/c1-6-26(18(34)12-19(39-26)33-15-29-20-21(28)30-24(27)31-22(20)33)14-38-41(36,40-17-10-8-7-9-11-17)32-16(2)23(35)37-13-25(3,4)5/h1,7-11,15-16,18-19,34H,12-14H2,2-5H3,(H,32,36)(H2,28,30,31)/t16-,18-,19+,26+,41-/m0/s1. The van der Waals surface area contributed by atoms with E-state index in [4.69, 9.17) is 42.3 Å². The lowest BCUT2D eigenvalue weighted by molar-refractivity contribution is -0.148. The molecule has 1 aliphatic heterocycles. The van der Waals surface area contributed by atoms with Crippen molar-refractivity contribution >= 4 is 42.3 Å². The van der Waals surface area contributed by atoms with Crippen LogP contribution in [0.15, 0.2) is 36.7 Å². The number of aliphatic hydroxyl groups is 1. The number of para-hydroxylation sites is 1. The number of imidazole rings is 1. The zero-order chi connectivity index (χ0) is 30.0. The van der Waals surface area contributed by atoms with Crippen LogP contribution in [0.3, 0.4) is 0 Å². The molecule has 0 bridgehead atoms. The first-order valence-electron chi connectivity index (χ1n) is 12.7. The van der Waals surface area contributed by atoms with Crippen LogP contribution < -0.4 is 15.3 Å². The number of nitrogen functional groups attached to an aromatic ring is 1. The Morgan fingerprint density at radius 3 is 2.76 bits per heavy atom. The lowest BCUT2D eigenvalue weighted by atomic mass is 9.99. The van der Waals surface area contributed by atoms with E-state index in [1.54, 1.807) is 30.3 Å². The SMILES string of the molecule is C#C[C@]1(CO[P@@](=O)(N[C@@H](C)C(=O)OCC(C)(C)C)Oc2ccccc2)O[C@@H](n2cnc3c(N)nc(Cl)nc32)C[C@@H]1O. The topological polar surface area (TPSA) is 173 Å². The molecular formula is C26H32ClN6O7P. The summed E-state index contributed by atoms with van der Waals surface area (Å²) in [5.41, 5.74) is 4.44.